The number of likely N-dealkylation sites (N-methyl/N-ethyl adjacent to an activating group) is 1. The summed E-state index contributed by atoms with van der Waals surface area (Å²) in [5.74, 6) is 0. The number of H-pyrrole nitrogens is 1. The van der Waals surface area contributed by atoms with Crippen LogP contribution in [0, 0.1) is 0 Å². The highest BCUT2D eigenvalue weighted by Gasteiger charge is 2.30. The van der Waals surface area contributed by atoms with Crippen molar-refractivity contribution in [3.8, 4) is 0 Å². The average molecular weight is 293 g/mol. The molecule has 2 nitrogen and oxygen atoms in total. The van der Waals surface area contributed by atoms with Crippen molar-refractivity contribution in [3.05, 3.63) is 35.5 Å². The molecule has 0 unspecified atom stereocenters. The molecule has 0 saturated carbocycles. The maximum absolute atomic E-state index is 12.6. The lowest BCUT2D eigenvalue weighted by molar-refractivity contribution is -0.137. The fourth-order valence-electron chi connectivity index (χ4n) is 1.91. The highest BCUT2D eigenvalue weighted by Crippen LogP contribution is 2.32. The molecule has 19 heavy (non-hydrogen) atoms. The average Bonchev–Trinajstić information content (AvgIpc) is 2.67. The Labute approximate surface area is 116 Å². The first kappa shape index (κ1) is 15.9. The van der Waals surface area contributed by atoms with E-state index in [1.807, 2.05) is 19.0 Å². The van der Waals surface area contributed by atoms with Gasteiger partial charge in [-0.25, -0.2) is 0 Å². The second-order valence-electron chi connectivity index (χ2n) is 4.63. The van der Waals surface area contributed by atoms with Gasteiger partial charge in [0.2, 0.25) is 0 Å². The predicted molar refractivity (Wildman–Crippen MR) is 72.8 cm³/mol. The maximum atomic E-state index is 12.6. The predicted octanol–water partition coefficient (Wildman–Crippen LogP) is 3.71. The molecule has 0 amide bonds. The third-order valence-corrected chi connectivity index (χ3v) is 2.92. The lowest BCUT2D eigenvalue weighted by Gasteiger charge is -2.09. The first-order chi connectivity index (χ1) is 8.38. The van der Waals surface area contributed by atoms with Crippen molar-refractivity contribution in [3.63, 3.8) is 0 Å². The molecule has 1 N–H and O–H groups in total. The van der Waals surface area contributed by atoms with Crippen molar-refractivity contribution in [1.82, 2.24) is 9.88 Å². The van der Waals surface area contributed by atoms with Crippen LogP contribution in [0.5, 0.6) is 0 Å². The molecule has 6 heteroatoms. The van der Waals surface area contributed by atoms with Gasteiger partial charge in [0.25, 0.3) is 0 Å². The van der Waals surface area contributed by atoms with E-state index in [1.54, 1.807) is 6.20 Å². The zero-order valence-electron chi connectivity index (χ0n) is 10.7. The maximum Gasteiger partial charge on any atom is 0.416 e. The zero-order valence-corrected chi connectivity index (χ0v) is 11.5. The number of nitrogens with one attached hydrogen (secondary N) is 1. The number of rotatable bonds is 3. The molecule has 0 aliphatic carbocycles. The Bertz CT molecular complexity index is 546. The lowest BCUT2D eigenvalue weighted by Crippen LogP contribution is -2.14. The number of alkyl halides is 3. The molecule has 106 valence electrons. The third-order valence-electron chi connectivity index (χ3n) is 2.92. The lowest BCUT2D eigenvalue weighted by atomic mass is 10.1. The van der Waals surface area contributed by atoms with E-state index in [0.717, 1.165) is 30.1 Å². The molecule has 0 bridgehead atoms. The molecule has 0 aliphatic heterocycles. The summed E-state index contributed by atoms with van der Waals surface area (Å²) in [6.07, 6.45) is -1.77. The topological polar surface area (TPSA) is 19.0 Å². The van der Waals surface area contributed by atoms with E-state index in [-0.39, 0.29) is 12.4 Å². The highest BCUT2D eigenvalue weighted by molar-refractivity contribution is 5.85. The smallest absolute Gasteiger partial charge is 0.361 e. The number of nitrogens with zero attached hydrogens (tertiary/aromatic N) is 1. The van der Waals surface area contributed by atoms with Crippen LogP contribution in [0.1, 0.15) is 11.1 Å². The number of benzene rings is 1. The van der Waals surface area contributed by atoms with Crippen LogP contribution in [0.15, 0.2) is 24.4 Å². The fourth-order valence-corrected chi connectivity index (χ4v) is 1.91. The van der Waals surface area contributed by atoms with Crippen LogP contribution in [0.2, 0.25) is 0 Å². The summed E-state index contributed by atoms with van der Waals surface area (Å²) in [7, 11) is 3.88. The fraction of sp³-hybridized carbons (Fsp3) is 0.385. The third kappa shape index (κ3) is 3.64. The van der Waals surface area contributed by atoms with Crippen LogP contribution in [-0.2, 0) is 12.6 Å². The molecule has 0 radical (unpaired) electrons. The van der Waals surface area contributed by atoms with Gasteiger partial charge in [-0.15, -0.1) is 12.4 Å². The van der Waals surface area contributed by atoms with Gasteiger partial charge in [-0.05, 0) is 44.3 Å². The van der Waals surface area contributed by atoms with Gasteiger partial charge in [0, 0.05) is 23.6 Å². The van der Waals surface area contributed by atoms with E-state index in [4.69, 9.17) is 0 Å². The largest absolute Gasteiger partial charge is 0.416 e. The number of halogens is 4. The van der Waals surface area contributed by atoms with Crippen molar-refractivity contribution in [2.45, 2.75) is 12.6 Å². The Hall–Kier alpha value is -1.20. The van der Waals surface area contributed by atoms with Crippen molar-refractivity contribution in [2.75, 3.05) is 20.6 Å². The van der Waals surface area contributed by atoms with Gasteiger partial charge in [-0.1, -0.05) is 0 Å². The molecular formula is C13H16ClF3N2. The van der Waals surface area contributed by atoms with Gasteiger partial charge in [0.15, 0.2) is 0 Å². The van der Waals surface area contributed by atoms with Gasteiger partial charge in [0.05, 0.1) is 5.56 Å². The van der Waals surface area contributed by atoms with Crippen LogP contribution in [0.3, 0.4) is 0 Å². The first-order valence-electron chi connectivity index (χ1n) is 5.70. The minimum absolute atomic E-state index is 0. The number of fused-ring (bicyclic) bond motifs is 1. The van der Waals surface area contributed by atoms with Gasteiger partial charge in [-0.2, -0.15) is 13.2 Å². The van der Waals surface area contributed by atoms with Crippen molar-refractivity contribution >= 4 is 23.3 Å². The molecule has 0 spiro atoms. The van der Waals surface area contributed by atoms with E-state index in [9.17, 15) is 13.2 Å². The van der Waals surface area contributed by atoms with Gasteiger partial charge in [0.1, 0.15) is 0 Å². The summed E-state index contributed by atoms with van der Waals surface area (Å²) in [5.41, 5.74) is 1.07. The van der Waals surface area contributed by atoms with Crippen LogP contribution in [-0.4, -0.2) is 30.5 Å². The Balaban J connectivity index is 0.00000180. The van der Waals surface area contributed by atoms with Crippen molar-refractivity contribution in [2.24, 2.45) is 0 Å². The van der Waals surface area contributed by atoms with Gasteiger partial charge in [-0.3, -0.25) is 0 Å². The standard InChI is InChI=1S/C13H15F3N2.ClH/c1-18(2)6-5-9-8-17-12-4-3-10(7-11(9)12)13(14,15)16;/h3-4,7-8,17H,5-6H2,1-2H3;1H. The van der Waals surface area contributed by atoms with E-state index in [1.165, 1.54) is 12.1 Å². The summed E-state index contributed by atoms with van der Waals surface area (Å²) in [4.78, 5) is 5.01. The first-order valence-corrected chi connectivity index (χ1v) is 5.70. The Morgan fingerprint density at radius 3 is 2.47 bits per heavy atom. The molecule has 0 fully saturated rings. The molecule has 1 aromatic carbocycles. The molecule has 2 rings (SSSR count). The molecule has 0 saturated heterocycles. The van der Waals surface area contributed by atoms with Gasteiger partial charge < -0.3 is 9.88 Å². The van der Waals surface area contributed by atoms with Crippen LogP contribution in [0.4, 0.5) is 13.2 Å². The van der Waals surface area contributed by atoms with Crippen LogP contribution >= 0.6 is 12.4 Å². The minimum Gasteiger partial charge on any atom is -0.361 e. The number of hydrogen-bond donors (Lipinski definition) is 1. The van der Waals surface area contributed by atoms with Crippen LogP contribution < -0.4 is 0 Å². The number of hydrogen-bond acceptors (Lipinski definition) is 1. The van der Waals surface area contributed by atoms with Crippen molar-refractivity contribution in [1.29, 1.82) is 0 Å². The zero-order chi connectivity index (χ0) is 13.3. The van der Waals surface area contributed by atoms with E-state index in [0.29, 0.717) is 5.39 Å². The summed E-state index contributed by atoms with van der Waals surface area (Å²) in [5, 5.41) is 0.659. The normalized spacial score (nSPS) is 11.9. The van der Waals surface area contributed by atoms with E-state index < -0.39 is 11.7 Å². The quantitative estimate of drug-likeness (QED) is 0.914. The second kappa shape index (κ2) is 5.84. The summed E-state index contributed by atoms with van der Waals surface area (Å²) in [6, 6.07) is 3.81. The monoisotopic (exact) mass is 292 g/mol. The van der Waals surface area contributed by atoms with Gasteiger partial charge >= 0.3 is 6.18 Å². The molecular weight excluding hydrogens is 277 g/mol. The molecule has 0 atom stereocenters. The van der Waals surface area contributed by atoms with Crippen LogP contribution in [0.25, 0.3) is 10.9 Å². The summed E-state index contributed by atoms with van der Waals surface area (Å²) >= 11 is 0. The molecule has 0 aliphatic rings. The van der Waals surface area contributed by atoms with Crippen molar-refractivity contribution < 1.29 is 13.2 Å². The van der Waals surface area contributed by atoms with E-state index >= 15 is 0 Å². The number of aromatic nitrogens is 1. The minimum atomic E-state index is -4.29. The summed E-state index contributed by atoms with van der Waals surface area (Å²) < 4.78 is 37.9. The summed E-state index contributed by atoms with van der Waals surface area (Å²) in [6.45, 7) is 0.809. The second-order valence-corrected chi connectivity index (χ2v) is 4.63. The molecule has 1 aromatic heterocycles. The number of aromatic amines is 1. The highest BCUT2D eigenvalue weighted by atomic mass is 35.5. The SMILES string of the molecule is CN(C)CCc1c[nH]c2ccc(C(F)(F)F)cc12.Cl. The molecule has 2 aromatic rings. The van der Waals surface area contributed by atoms with E-state index in [2.05, 4.69) is 4.98 Å². The Kier molecular flexibility index (Phi) is 4.87. The Morgan fingerprint density at radius 1 is 1.21 bits per heavy atom. The molecule has 1 heterocycles. The Morgan fingerprint density at radius 2 is 1.89 bits per heavy atom.